The van der Waals surface area contributed by atoms with E-state index < -0.39 is 13.2 Å². The molecule has 0 saturated carbocycles. The van der Waals surface area contributed by atoms with Crippen molar-refractivity contribution in [2.24, 2.45) is 0 Å². The van der Waals surface area contributed by atoms with Gasteiger partial charge in [0.15, 0.2) is 5.70 Å². The Morgan fingerprint density at radius 2 is 1.03 bits per heavy atom. The summed E-state index contributed by atoms with van der Waals surface area (Å²) in [7, 11) is -1.18. The Kier molecular flexibility index (Phi) is 7.31. The van der Waals surface area contributed by atoms with Gasteiger partial charge in [-0.15, -0.1) is 0 Å². The fourth-order valence-corrected chi connectivity index (χ4v) is 7.71. The van der Waals surface area contributed by atoms with Crippen LogP contribution in [0.25, 0.3) is 0 Å². The number of hydrogen-bond donors (Lipinski definition) is 1. The number of rotatable bonds is 7. The molecule has 0 saturated heterocycles. The molecule has 1 N–H and O–H groups in total. The van der Waals surface area contributed by atoms with E-state index in [1.165, 1.54) is 7.11 Å². The molecule has 0 fully saturated rings. The van der Waals surface area contributed by atoms with E-state index in [-0.39, 0.29) is 11.6 Å². The maximum absolute atomic E-state index is 13.0. The van der Waals surface area contributed by atoms with Crippen molar-refractivity contribution in [1.82, 2.24) is 5.32 Å². The van der Waals surface area contributed by atoms with Gasteiger partial charge in [-0.25, -0.2) is 4.79 Å². The molecule has 0 aliphatic heterocycles. The van der Waals surface area contributed by atoms with E-state index in [1.54, 1.807) is 24.3 Å². The monoisotopic (exact) mass is 466 g/mol. The standard InChI is InChI=1S/C29H24NO3P/c1-33-29(32)27(30-28(31)23-14-6-2-7-15-23)22-34(24-16-8-3-9-17-24,25-18-10-4-11-19-25)26-20-12-5-13-21-26/h2-22H,1H3/p+1. The summed E-state index contributed by atoms with van der Waals surface area (Å²) < 4.78 is 5.10. The molecular formula is C29H25NO3P+. The van der Waals surface area contributed by atoms with Crippen LogP contribution in [0.1, 0.15) is 10.4 Å². The Hall–Kier alpha value is -4.01. The molecule has 168 valence electrons. The number of hydrogen-bond acceptors (Lipinski definition) is 3. The van der Waals surface area contributed by atoms with Gasteiger partial charge in [0.05, 0.1) is 7.11 Å². The highest BCUT2D eigenvalue weighted by Crippen LogP contribution is 2.57. The van der Waals surface area contributed by atoms with Gasteiger partial charge in [0.1, 0.15) is 29.0 Å². The number of nitrogens with one attached hydrogen (secondary N) is 1. The van der Waals surface area contributed by atoms with E-state index in [4.69, 9.17) is 4.74 Å². The molecule has 0 atom stereocenters. The molecule has 4 aromatic rings. The Bertz CT molecular complexity index is 1180. The van der Waals surface area contributed by atoms with E-state index in [2.05, 4.69) is 41.7 Å². The van der Waals surface area contributed by atoms with Gasteiger partial charge in [-0.05, 0) is 48.5 Å². The van der Waals surface area contributed by atoms with Crippen LogP contribution in [0.3, 0.4) is 0 Å². The summed E-state index contributed by atoms with van der Waals surface area (Å²) in [5, 5.41) is 6.00. The summed E-state index contributed by atoms with van der Waals surface area (Å²) in [6, 6.07) is 39.1. The van der Waals surface area contributed by atoms with Gasteiger partial charge in [-0.3, -0.25) is 4.79 Å². The number of esters is 1. The van der Waals surface area contributed by atoms with Crippen molar-refractivity contribution in [3.05, 3.63) is 138 Å². The quantitative estimate of drug-likeness (QED) is 0.249. The van der Waals surface area contributed by atoms with Crippen LogP contribution in [-0.4, -0.2) is 19.0 Å². The van der Waals surface area contributed by atoms with Gasteiger partial charge in [0.25, 0.3) is 5.91 Å². The zero-order chi connectivity index (χ0) is 23.8. The van der Waals surface area contributed by atoms with E-state index in [0.29, 0.717) is 5.56 Å². The number of benzene rings is 4. The van der Waals surface area contributed by atoms with Gasteiger partial charge in [-0.1, -0.05) is 72.8 Å². The summed E-state index contributed by atoms with van der Waals surface area (Å²) >= 11 is 0. The predicted octanol–water partition coefficient (Wildman–Crippen LogP) is 4.42. The first-order valence-corrected chi connectivity index (χ1v) is 12.7. The van der Waals surface area contributed by atoms with Crippen LogP contribution in [0.5, 0.6) is 0 Å². The summed E-state index contributed by atoms with van der Waals surface area (Å²) in [5.74, 6) is 0.931. The molecule has 0 radical (unpaired) electrons. The van der Waals surface area contributed by atoms with Crippen molar-refractivity contribution in [1.29, 1.82) is 0 Å². The number of methoxy groups -OCH3 is 1. The third-order valence-electron chi connectivity index (χ3n) is 5.50. The highest BCUT2D eigenvalue weighted by Gasteiger charge is 2.45. The minimum atomic E-state index is -2.50. The third kappa shape index (κ3) is 4.83. The lowest BCUT2D eigenvalue weighted by molar-refractivity contribution is -0.136. The lowest BCUT2D eigenvalue weighted by Crippen LogP contribution is -2.33. The van der Waals surface area contributed by atoms with Crippen LogP contribution in [0.15, 0.2) is 133 Å². The number of amides is 1. The first-order chi connectivity index (χ1) is 16.6. The van der Waals surface area contributed by atoms with Crippen LogP contribution in [0, 0.1) is 0 Å². The summed E-state index contributed by atoms with van der Waals surface area (Å²) in [6.45, 7) is 0. The largest absolute Gasteiger partial charge is 0.464 e. The maximum atomic E-state index is 13.0. The molecule has 0 bridgehead atoms. The fourth-order valence-electron chi connectivity index (χ4n) is 3.88. The molecule has 34 heavy (non-hydrogen) atoms. The van der Waals surface area contributed by atoms with Crippen molar-refractivity contribution in [3.8, 4) is 0 Å². The van der Waals surface area contributed by atoms with Crippen molar-refractivity contribution in [3.63, 3.8) is 0 Å². The number of carbonyl (C=O) groups excluding carboxylic acids is 2. The first-order valence-electron chi connectivity index (χ1n) is 10.9. The lowest BCUT2D eigenvalue weighted by atomic mass is 10.2. The number of carbonyl (C=O) groups is 2. The third-order valence-corrected chi connectivity index (χ3v) is 9.49. The van der Waals surface area contributed by atoms with Crippen LogP contribution in [0.4, 0.5) is 0 Å². The van der Waals surface area contributed by atoms with E-state index >= 15 is 0 Å². The van der Waals surface area contributed by atoms with Crippen molar-refractivity contribution >= 4 is 35.1 Å². The predicted molar refractivity (Wildman–Crippen MR) is 139 cm³/mol. The maximum Gasteiger partial charge on any atom is 0.358 e. The first kappa shape index (κ1) is 23.2. The molecule has 0 unspecified atom stereocenters. The number of ether oxygens (including phenoxy) is 1. The average Bonchev–Trinajstić information content (AvgIpc) is 2.92. The SMILES string of the molecule is COC(=O)C(=C[P+](c1ccccc1)(c1ccccc1)c1ccccc1)NC(=O)c1ccccc1. The molecule has 4 rings (SSSR count). The van der Waals surface area contributed by atoms with Gasteiger partial charge >= 0.3 is 5.97 Å². The summed E-state index contributed by atoms with van der Waals surface area (Å²) in [6.07, 6.45) is 0. The Morgan fingerprint density at radius 3 is 1.41 bits per heavy atom. The van der Waals surface area contributed by atoms with E-state index in [9.17, 15) is 9.59 Å². The normalized spacial score (nSPS) is 11.5. The van der Waals surface area contributed by atoms with Crippen LogP contribution in [-0.2, 0) is 9.53 Å². The Morgan fingerprint density at radius 1 is 0.647 bits per heavy atom. The van der Waals surface area contributed by atoms with Gasteiger partial charge in [0, 0.05) is 5.56 Å². The second-order valence-electron chi connectivity index (χ2n) is 7.58. The zero-order valence-corrected chi connectivity index (χ0v) is 19.7. The van der Waals surface area contributed by atoms with Crippen molar-refractivity contribution in [2.75, 3.05) is 7.11 Å². The summed E-state index contributed by atoms with van der Waals surface area (Å²) in [4.78, 5) is 26.0. The minimum absolute atomic E-state index is 0.112. The Balaban J connectivity index is 1.97. The van der Waals surface area contributed by atoms with E-state index in [0.717, 1.165) is 15.9 Å². The molecule has 0 aliphatic rings. The molecule has 4 nitrogen and oxygen atoms in total. The fraction of sp³-hybridized carbons (Fsp3) is 0.0345. The highest BCUT2D eigenvalue weighted by atomic mass is 31.2. The molecular weight excluding hydrogens is 441 g/mol. The van der Waals surface area contributed by atoms with Crippen LogP contribution < -0.4 is 21.2 Å². The second-order valence-corrected chi connectivity index (χ2v) is 10.8. The second kappa shape index (κ2) is 10.7. The van der Waals surface area contributed by atoms with Crippen molar-refractivity contribution in [2.45, 2.75) is 0 Å². The topological polar surface area (TPSA) is 55.4 Å². The molecule has 1 amide bonds. The smallest absolute Gasteiger partial charge is 0.358 e. The van der Waals surface area contributed by atoms with E-state index in [1.807, 2.05) is 66.5 Å². The zero-order valence-electron chi connectivity index (χ0n) is 18.8. The minimum Gasteiger partial charge on any atom is -0.464 e. The van der Waals surface area contributed by atoms with Gasteiger partial charge in [-0.2, -0.15) is 0 Å². The molecule has 0 heterocycles. The van der Waals surface area contributed by atoms with Gasteiger partial charge < -0.3 is 10.1 Å². The van der Waals surface area contributed by atoms with Crippen LogP contribution in [0.2, 0.25) is 0 Å². The van der Waals surface area contributed by atoms with Crippen LogP contribution >= 0.6 is 7.26 Å². The highest BCUT2D eigenvalue weighted by molar-refractivity contribution is 7.98. The Labute approximate surface area is 200 Å². The summed E-state index contributed by atoms with van der Waals surface area (Å²) in [5.41, 5.74) is 0.571. The van der Waals surface area contributed by atoms with Crippen molar-refractivity contribution < 1.29 is 14.3 Å². The molecule has 0 aromatic heterocycles. The van der Waals surface area contributed by atoms with Gasteiger partial charge in [0.2, 0.25) is 0 Å². The average molecular weight is 466 g/mol. The molecule has 0 spiro atoms. The molecule has 0 aliphatic carbocycles. The molecule has 5 heteroatoms. The lowest BCUT2D eigenvalue weighted by Gasteiger charge is -2.25. The molecule has 4 aromatic carbocycles.